The molecule has 0 atom stereocenters. The summed E-state index contributed by atoms with van der Waals surface area (Å²) in [6, 6.07) is 1.39. The second kappa shape index (κ2) is 5.92. The van der Waals surface area contributed by atoms with E-state index in [0.717, 1.165) is 0 Å². The molecular weight excluding hydrogens is 306 g/mol. The number of hydrogen-bond donors (Lipinski definition) is 1. The average molecular weight is 323 g/mol. The van der Waals surface area contributed by atoms with Gasteiger partial charge >= 0.3 is 5.97 Å². The first kappa shape index (κ1) is 16.2. The second-order valence-electron chi connectivity index (χ2n) is 5.07. The van der Waals surface area contributed by atoms with E-state index in [1.165, 1.54) is 12.1 Å². The second-order valence-corrected chi connectivity index (χ2v) is 7.11. The minimum Gasteiger partial charge on any atom is -0.478 e. The monoisotopic (exact) mass is 323 g/mol. The number of hydrogen-bond acceptors (Lipinski definition) is 5. The van der Waals surface area contributed by atoms with Crippen molar-refractivity contribution >= 4 is 21.5 Å². The van der Waals surface area contributed by atoms with Crippen LogP contribution in [0.15, 0.2) is 28.8 Å². The van der Waals surface area contributed by atoms with Crippen molar-refractivity contribution in [1.82, 2.24) is 0 Å². The summed E-state index contributed by atoms with van der Waals surface area (Å²) < 4.78 is 24.7. The van der Waals surface area contributed by atoms with Crippen LogP contribution in [0.4, 0.5) is 0 Å². The molecule has 0 aromatic heterocycles. The van der Waals surface area contributed by atoms with Crippen LogP contribution in [-0.2, 0) is 14.7 Å². The van der Waals surface area contributed by atoms with E-state index >= 15 is 0 Å². The zero-order valence-electron chi connectivity index (χ0n) is 12.4. The number of carbonyl (C=O) groups is 1. The first-order valence-electron chi connectivity index (χ1n) is 6.70. The summed E-state index contributed by atoms with van der Waals surface area (Å²) in [4.78, 5) is 16.6. The maximum Gasteiger partial charge on any atom is 0.335 e. The number of carboxylic acid groups (broad SMARTS) is 1. The van der Waals surface area contributed by atoms with Crippen LogP contribution < -0.4 is 0 Å². The fourth-order valence-electron chi connectivity index (χ4n) is 2.58. The number of carboxylic acids is 1. The lowest BCUT2D eigenvalue weighted by atomic mass is 9.94. The predicted molar refractivity (Wildman–Crippen MR) is 82.2 cm³/mol. The fraction of sp³-hybridized carbons (Fsp3) is 0.333. The lowest BCUT2D eigenvalue weighted by Crippen LogP contribution is -2.26. The van der Waals surface area contributed by atoms with E-state index in [-0.39, 0.29) is 29.2 Å². The number of fused-ring (bicyclic) bond motifs is 1. The SMILES string of the molecule is C=CCON=C1CCS(=O)(=O)c2c(C)cc(C(=O)O)c(C)c21. The summed E-state index contributed by atoms with van der Waals surface area (Å²) in [6.07, 6.45) is 1.71. The first-order chi connectivity index (χ1) is 10.3. The van der Waals surface area contributed by atoms with E-state index in [9.17, 15) is 18.3 Å². The first-order valence-corrected chi connectivity index (χ1v) is 8.35. The van der Waals surface area contributed by atoms with Gasteiger partial charge in [-0.15, -0.1) is 0 Å². The van der Waals surface area contributed by atoms with Crippen LogP contribution in [-0.4, -0.2) is 37.6 Å². The number of aryl methyl sites for hydroxylation is 1. The van der Waals surface area contributed by atoms with Crippen molar-refractivity contribution in [2.75, 3.05) is 12.4 Å². The van der Waals surface area contributed by atoms with Crippen molar-refractivity contribution in [3.63, 3.8) is 0 Å². The van der Waals surface area contributed by atoms with Gasteiger partial charge in [0.2, 0.25) is 0 Å². The van der Waals surface area contributed by atoms with Crippen LogP contribution >= 0.6 is 0 Å². The molecule has 0 aliphatic carbocycles. The molecule has 0 saturated carbocycles. The summed E-state index contributed by atoms with van der Waals surface area (Å²) in [7, 11) is -3.45. The Morgan fingerprint density at radius 2 is 2.18 bits per heavy atom. The third kappa shape index (κ3) is 2.76. The zero-order chi connectivity index (χ0) is 16.5. The third-order valence-corrected chi connectivity index (χ3v) is 5.42. The van der Waals surface area contributed by atoms with Gasteiger partial charge in [-0.2, -0.15) is 0 Å². The molecule has 0 saturated heterocycles. The molecule has 22 heavy (non-hydrogen) atoms. The van der Waals surface area contributed by atoms with E-state index < -0.39 is 15.8 Å². The van der Waals surface area contributed by atoms with Gasteiger partial charge in [0.05, 0.1) is 21.9 Å². The molecule has 1 aromatic carbocycles. The van der Waals surface area contributed by atoms with E-state index in [4.69, 9.17) is 4.84 Å². The quantitative estimate of drug-likeness (QED) is 0.520. The number of rotatable bonds is 4. The van der Waals surface area contributed by atoms with Gasteiger partial charge in [-0.3, -0.25) is 0 Å². The largest absolute Gasteiger partial charge is 0.478 e. The van der Waals surface area contributed by atoms with Gasteiger partial charge in [0.25, 0.3) is 0 Å². The summed E-state index contributed by atoms with van der Waals surface area (Å²) in [6.45, 7) is 6.89. The molecule has 0 spiro atoms. The highest BCUT2D eigenvalue weighted by atomic mass is 32.2. The minimum absolute atomic E-state index is 0.0665. The Morgan fingerprint density at radius 3 is 2.77 bits per heavy atom. The number of nitrogens with zero attached hydrogens (tertiary/aromatic N) is 1. The Balaban J connectivity index is 2.76. The summed E-state index contributed by atoms with van der Waals surface area (Å²) in [5.41, 5.74) is 1.68. The van der Waals surface area contributed by atoms with Crippen LogP contribution in [0.2, 0.25) is 0 Å². The van der Waals surface area contributed by atoms with Gasteiger partial charge in [-0.05, 0) is 31.0 Å². The van der Waals surface area contributed by atoms with Gasteiger partial charge in [0.15, 0.2) is 9.84 Å². The molecule has 0 amide bonds. The van der Waals surface area contributed by atoms with Crippen LogP contribution in [0.5, 0.6) is 0 Å². The van der Waals surface area contributed by atoms with Gasteiger partial charge in [-0.25, -0.2) is 13.2 Å². The fourth-order valence-corrected chi connectivity index (χ4v) is 4.38. The molecule has 1 N–H and O–H groups in total. The Kier molecular flexibility index (Phi) is 4.37. The van der Waals surface area contributed by atoms with E-state index in [0.29, 0.717) is 22.4 Å². The smallest absolute Gasteiger partial charge is 0.335 e. The molecule has 118 valence electrons. The summed E-state index contributed by atoms with van der Waals surface area (Å²) in [5, 5.41) is 13.3. The number of oxime groups is 1. The molecule has 2 rings (SSSR count). The molecule has 1 heterocycles. The normalized spacial score (nSPS) is 17.8. The molecule has 7 heteroatoms. The standard InChI is InChI=1S/C15H17NO5S/c1-4-6-21-16-12-5-7-22(19,20)14-9(2)8-11(15(17)18)10(3)13(12)14/h4,8H,1,5-7H2,2-3H3,(H,17,18). The van der Waals surface area contributed by atoms with E-state index in [1.807, 2.05) is 0 Å². The van der Waals surface area contributed by atoms with Gasteiger partial charge in [0, 0.05) is 12.0 Å². The topological polar surface area (TPSA) is 93.0 Å². The molecule has 0 unspecified atom stereocenters. The van der Waals surface area contributed by atoms with Crippen molar-refractivity contribution in [3.8, 4) is 0 Å². The van der Waals surface area contributed by atoms with Crippen LogP contribution in [0.25, 0.3) is 0 Å². The van der Waals surface area contributed by atoms with Gasteiger partial charge in [0.1, 0.15) is 6.61 Å². The summed E-state index contributed by atoms with van der Waals surface area (Å²) in [5.74, 6) is -1.17. The number of benzene rings is 1. The van der Waals surface area contributed by atoms with Crippen LogP contribution in [0.1, 0.15) is 33.5 Å². The molecule has 1 aliphatic rings. The molecule has 0 bridgehead atoms. The van der Waals surface area contributed by atoms with Gasteiger partial charge < -0.3 is 9.94 Å². The highest BCUT2D eigenvalue weighted by molar-refractivity contribution is 7.91. The maximum absolute atomic E-state index is 12.3. The zero-order valence-corrected chi connectivity index (χ0v) is 13.2. The summed E-state index contributed by atoms with van der Waals surface area (Å²) >= 11 is 0. The van der Waals surface area contributed by atoms with Crippen molar-refractivity contribution < 1.29 is 23.2 Å². The minimum atomic E-state index is -3.45. The highest BCUT2D eigenvalue weighted by Crippen LogP contribution is 2.33. The molecule has 1 aliphatic heterocycles. The molecule has 6 nitrogen and oxygen atoms in total. The lowest BCUT2D eigenvalue weighted by molar-refractivity contribution is 0.0696. The average Bonchev–Trinajstić information content (AvgIpc) is 2.43. The van der Waals surface area contributed by atoms with Gasteiger partial charge in [-0.1, -0.05) is 17.8 Å². The van der Waals surface area contributed by atoms with Crippen LogP contribution in [0.3, 0.4) is 0 Å². The molecule has 0 fully saturated rings. The lowest BCUT2D eigenvalue weighted by Gasteiger charge is -2.23. The van der Waals surface area contributed by atoms with Crippen molar-refractivity contribution in [3.05, 3.63) is 41.0 Å². The van der Waals surface area contributed by atoms with Crippen molar-refractivity contribution in [1.29, 1.82) is 0 Å². The number of aromatic carboxylic acids is 1. The predicted octanol–water partition coefficient (Wildman–Crippen LogP) is 2.09. The Labute approximate surface area is 129 Å². The molecular formula is C15H17NO5S. The van der Waals surface area contributed by atoms with E-state index in [2.05, 4.69) is 11.7 Å². The molecule has 0 radical (unpaired) electrons. The maximum atomic E-state index is 12.3. The third-order valence-electron chi connectivity index (χ3n) is 3.53. The van der Waals surface area contributed by atoms with Crippen LogP contribution in [0, 0.1) is 13.8 Å². The Bertz CT molecular complexity index is 778. The Hall–Kier alpha value is -2.15. The van der Waals surface area contributed by atoms with Crippen molar-refractivity contribution in [2.24, 2.45) is 5.16 Å². The van der Waals surface area contributed by atoms with Crippen molar-refractivity contribution in [2.45, 2.75) is 25.2 Å². The highest BCUT2D eigenvalue weighted by Gasteiger charge is 2.33. The van der Waals surface area contributed by atoms with E-state index in [1.54, 1.807) is 13.8 Å². The Morgan fingerprint density at radius 1 is 1.50 bits per heavy atom. The molecule has 1 aromatic rings. The number of sulfone groups is 1.